The lowest BCUT2D eigenvalue weighted by molar-refractivity contribution is 0.422. The second kappa shape index (κ2) is 5.88. The summed E-state index contributed by atoms with van der Waals surface area (Å²) >= 11 is 0. The van der Waals surface area contributed by atoms with Crippen LogP contribution in [0, 0.1) is 27.7 Å². The predicted octanol–water partition coefficient (Wildman–Crippen LogP) is 4.24. The van der Waals surface area contributed by atoms with Gasteiger partial charge in [0.15, 0.2) is 0 Å². The van der Waals surface area contributed by atoms with Gasteiger partial charge < -0.3 is 5.32 Å². The first-order valence-corrected chi connectivity index (χ1v) is 7.03. The van der Waals surface area contributed by atoms with Crippen molar-refractivity contribution in [2.45, 2.75) is 66.8 Å². The van der Waals surface area contributed by atoms with Crippen LogP contribution in [-0.4, -0.2) is 12.1 Å². The zero-order valence-electron chi connectivity index (χ0n) is 13.2. The van der Waals surface area contributed by atoms with Gasteiger partial charge in [0.2, 0.25) is 0 Å². The summed E-state index contributed by atoms with van der Waals surface area (Å²) in [6.07, 6.45) is 2.39. The third-order valence-corrected chi connectivity index (χ3v) is 3.78. The molecule has 0 fully saturated rings. The SMILES string of the molecule is Cc1cc(C)c(C)c(CCCNC(C)(C)C)c1C. The molecule has 0 heterocycles. The van der Waals surface area contributed by atoms with E-state index in [1.54, 1.807) is 5.56 Å². The van der Waals surface area contributed by atoms with Gasteiger partial charge in [0.05, 0.1) is 0 Å². The van der Waals surface area contributed by atoms with Crippen LogP contribution in [0.5, 0.6) is 0 Å². The Kier molecular flexibility index (Phi) is 4.98. The molecule has 0 unspecified atom stereocenters. The molecule has 0 aromatic heterocycles. The number of nitrogens with one attached hydrogen (secondary N) is 1. The molecule has 1 aromatic rings. The Morgan fingerprint density at radius 1 is 0.944 bits per heavy atom. The predicted molar refractivity (Wildman–Crippen MR) is 81.5 cm³/mol. The van der Waals surface area contributed by atoms with Crippen LogP contribution in [0.15, 0.2) is 6.07 Å². The minimum Gasteiger partial charge on any atom is -0.312 e. The van der Waals surface area contributed by atoms with Crippen molar-refractivity contribution in [3.8, 4) is 0 Å². The fourth-order valence-electron chi connectivity index (χ4n) is 2.40. The molecule has 0 radical (unpaired) electrons. The van der Waals surface area contributed by atoms with Gasteiger partial charge in [-0.15, -0.1) is 0 Å². The Bertz CT molecular complexity index is 384. The fraction of sp³-hybridized carbons (Fsp3) is 0.647. The van der Waals surface area contributed by atoms with E-state index in [-0.39, 0.29) is 5.54 Å². The lowest BCUT2D eigenvalue weighted by atomic mass is 9.91. The van der Waals surface area contributed by atoms with Crippen molar-refractivity contribution in [1.82, 2.24) is 5.32 Å². The largest absolute Gasteiger partial charge is 0.312 e. The molecular formula is C17H29N. The van der Waals surface area contributed by atoms with Crippen molar-refractivity contribution in [2.75, 3.05) is 6.54 Å². The highest BCUT2D eigenvalue weighted by Crippen LogP contribution is 2.22. The van der Waals surface area contributed by atoms with Crippen LogP contribution >= 0.6 is 0 Å². The second-order valence-corrected chi connectivity index (χ2v) is 6.52. The van der Waals surface area contributed by atoms with Crippen molar-refractivity contribution in [3.63, 3.8) is 0 Å². The fourth-order valence-corrected chi connectivity index (χ4v) is 2.40. The Hall–Kier alpha value is -0.820. The molecule has 1 N–H and O–H groups in total. The van der Waals surface area contributed by atoms with Crippen molar-refractivity contribution >= 4 is 0 Å². The third-order valence-electron chi connectivity index (χ3n) is 3.78. The van der Waals surface area contributed by atoms with Gasteiger partial charge in [0.1, 0.15) is 0 Å². The highest BCUT2D eigenvalue weighted by atomic mass is 14.9. The van der Waals surface area contributed by atoms with Crippen molar-refractivity contribution in [2.24, 2.45) is 0 Å². The Morgan fingerprint density at radius 2 is 1.44 bits per heavy atom. The van der Waals surface area contributed by atoms with Crippen LogP contribution in [0.2, 0.25) is 0 Å². The van der Waals surface area contributed by atoms with Gasteiger partial charge in [-0.1, -0.05) is 6.07 Å². The summed E-state index contributed by atoms with van der Waals surface area (Å²) in [5, 5.41) is 3.56. The zero-order chi connectivity index (χ0) is 13.9. The first kappa shape index (κ1) is 15.2. The molecule has 0 amide bonds. The lowest BCUT2D eigenvalue weighted by Crippen LogP contribution is -2.36. The van der Waals surface area contributed by atoms with Crippen LogP contribution in [0.1, 0.15) is 55.0 Å². The molecule has 0 bridgehead atoms. The molecule has 18 heavy (non-hydrogen) atoms. The summed E-state index contributed by atoms with van der Waals surface area (Å²) in [6.45, 7) is 16.7. The molecule has 0 aliphatic rings. The molecule has 1 nitrogen and oxygen atoms in total. The maximum atomic E-state index is 3.56. The van der Waals surface area contributed by atoms with Gasteiger partial charge in [-0.3, -0.25) is 0 Å². The maximum absolute atomic E-state index is 3.56. The summed E-state index contributed by atoms with van der Waals surface area (Å²) in [4.78, 5) is 0. The first-order chi connectivity index (χ1) is 8.22. The topological polar surface area (TPSA) is 12.0 Å². The summed E-state index contributed by atoms with van der Waals surface area (Å²) in [7, 11) is 0. The normalized spacial score (nSPS) is 11.9. The molecule has 0 spiro atoms. The van der Waals surface area contributed by atoms with E-state index in [1.165, 1.54) is 35.1 Å². The molecule has 1 rings (SSSR count). The monoisotopic (exact) mass is 247 g/mol. The molecule has 1 heteroatoms. The highest BCUT2D eigenvalue weighted by Gasteiger charge is 2.10. The van der Waals surface area contributed by atoms with E-state index in [1.807, 2.05) is 0 Å². The highest BCUT2D eigenvalue weighted by molar-refractivity contribution is 5.44. The number of benzene rings is 1. The summed E-state index contributed by atoms with van der Waals surface area (Å²) in [5.74, 6) is 0. The standard InChI is InChI=1S/C17H29N/c1-12-11-13(2)15(4)16(14(12)3)9-8-10-18-17(5,6)7/h11,18H,8-10H2,1-7H3. The molecule has 0 saturated heterocycles. The lowest BCUT2D eigenvalue weighted by Gasteiger charge is -2.21. The van der Waals surface area contributed by atoms with E-state index in [0.717, 1.165) is 6.54 Å². The van der Waals surface area contributed by atoms with Crippen LogP contribution in [0.25, 0.3) is 0 Å². The van der Waals surface area contributed by atoms with E-state index < -0.39 is 0 Å². The molecule has 0 aliphatic carbocycles. The summed E-state index contributed by atoms with van der Waals surface area (Å²) in [6, 6.07) is 2.31. The maximum Gasteiger partial charge on any atom is 0.00965 e. The smallest absolute Gasteiger partial charge is 0.00965 e. The van der Waals surface area contributed by atoms with E-state index in [9.17, 15) is 0 Å². The number of rotatable bonds is 4. The number of aryl methyl sites for hydroxylation is 2. The van der Waals surface area contributed by atoms with Gasteiger partial charge in [-0.2, -0.15) is 0 Å². The van der Waals surface area contributed by atoms with Gasteiger partial charge in [0, 0.05) is 5.54 Å². The third kappa shape index (κ3) is 4.13. The van der Waals surface area contributed by atoms with E-state index in [2.05, 4.69) is 59.8 Å². The Balaban J connectivity index is 2.68. The van der Waals surface area contributed by atoms with Crippen molar-refractivity contribution in [1.29, 1.82) is 0 Å². The van der Waals surface area contributed by atoms with Crippen LogP contribution in [0.4, 0.5) is 0 Å². The van der Waals surface area contributed by atoms with Crippen molar-refractivity contribution < 1.29 is 0 Å². The van der Waals surface area contributed by atoms with Crippen LogP contribution in [0.3, 0.4) is 0 Å². The van der Waals surface area contributed by atoms with E-state index in [0.29, 0.717) is 0 Å². The Morgan fingerprint density at radius 3 is 1.89 bits per heavy atom. The van der Waals surface area contributed by atoms with Gasteiger partial charge in [-0.05, 0) is 95.7 Å². The number of hydrogen-bond acceptors (Lipinski definition) is 1. The van der Waals surface area contributed by atoms with Gasteiger partial charge in [0.25, 0.3) is 0 Å². The number of hydrogen-bond donors (Lipinski definition) is 1. The molecule has 0 saturated carbocycles. The molecular weight excluding hydrogens is 218 g/mol. The minimum atomic E-state index is 0.229. The minimum absolute atomic E-state index is 0.229. The van der Waals surface area contributed by atoms with Crippen LogP contribution < -0.4 is 5.32 Å². The van der Waals surface area contributed by atoms with E-state index in [4.69, 9.17) is 0 Å². The van der Waals surface area contributed by atoms with Crippen molar-refractivity contribution in [3.05, 3.63) is 33.9 Å². The Labute approximate surface area is 113 Å². The summed E-state index contributed by atoms with van der Waals surface area (Å²) < 4.78 is 0. The average molecular weight is 247 g/mol. The first-order valence-electron chi connectivity index (χ1n) is 7.03. The van der Waals surface area contributed by atoms with E-state index >= 15 is 0 Å². The molecule has 0 atom stereocenters. The zero-order valence-corrected chi connectivity index (χ0v) is 13.2. The molecule has 0 aliphatic heterocycles. The van der Waals surface area contributed by atoms with Gasteiger partial charge >= 0.3 is 0 Å². The van der Waals surface area contributed by atoms with Crippen LogP contribution in [-0.2, 0) is 6.42 Å². The average Bonchev–Trinajstić information content (AvgIpc) is 2.24. The summed E-state index contributed by atoms with van der Waals surface area (Å²) in [5.41, 5.74) is 7.60. The molecule has 102 valence electrons. The molecule has 1 aromatic carbocycles. The van der Waals surface area contributed by atoms with Gasteiger partial charge in [-0.25, -0.2) is 0 Å². The quantitative estimate of drug-likeness (QED) is 0.785. The second-order valence-electron chi connectivity index (χ2n) is 6.52.